The average Bonchev–Trinajstić information content (AvgIpc) is 3.60. The molecule has 83 heavy (non-hydrogen) atoms. The molecule has 9 nitrogen and oxygen atoms in total. The van der Waals surface area contributed by atoms with Crippen LogP contribution in [0, 0.1) is 0 Å². The molecule has 0 aromatic heterocycles. The summed E-state index contributed by atoms with van der Waals surface area (Å²) in [7, 11) is 0. The number of hydrogen-bond donors (Lipinski definition) is 6. The van der Waals surface area contributed by atoms with Crippen molar-refractivity contribution in [3.05, 3.63) is 48.6 Å². The Bertz CT molecular complexity index is 1450. The molecule has 0 aromatic rings. The molecule has 6 N–H and O–H groups in total. The summed E-state index contributed by atoms with van der Waals surface area (Å²) in [5.74, 6) is -0.174. The molecule has 0 spiro atoms. The Kier molecular flexibility index (Phi) is 60.3. The first-order chi connectivity index (χ1) is 40.8. The number of nitrogens with one attached hydrogen (secondary N) is 1. The van der Waals surface area contributed by atoms with E-state index in [1.54, 1.807) is 6.08 Å². The average molecular weight is 1170 g/mol. The van der Waals surface area contributed by atoms with Crippen LogP contribution in [0.4, 0.5) is 0 Å². The second-order valence-electron chi connectivity index (χ2n) is 25.4. The molecule has 0 aliphatic carbocycles. The van der Waals surface area contributed by atoms with Crippen molar-refractivity contribution in [2.24, 2.45) is 0 Å². The monoisotopic (exact) mass is 1170 g/mol. The third-order valence-corrected chi connectivity index (χ3v) is 17.4. The summed E-state index contributed by atoms with van der Waals surface area (Å²) >= 11 is 0. The number of aliphatic hydroxyl groups excluding tert-OH is 5. The predicted molar refractivity (Wildman–Crippen MR) is 355 cm³/mol. The molecule has 1 aliphatic heterocycles. The van der Waals surface area contributed by atoms with E-state index in [-0.39, 0.29) is 12.5 Å². The van der Waals surface area contributed by atoms with Gasteiger partial charge in [0.25, 0.3) is 0 Å². The maximum atomic E-state index is 13.1. The van der Waals surface area contributed by atoms with Crippen LogP contribution < -0.4 is 5.32 Å². The van der Waals surface area contributed by atoms with Crippen LogP contribution in [0.15, 0.2) is 48.6 Å². The van der Waals surface area contributed by atoms with Crippen LogP contribution in [0.5, 0.6) is 0 Å². The van der Waals surface area contributed by atoms with Crippen LogP contribution in [0.2, 0.25) is 0 Å². The Morgan fingerprint density at radius 1 is 0.410 bits per heavy atom. The van der Waals surface area contributed by atoms with Gasteiger partial charge in [-0.2, -0.15) is 0 Å². The first-order valence-corrected chi connectivity index (χ1v) is 36.4. The van der Waals surface area contributed by atoms with Gasteiger partial charge in [-0.05, 0) is 57.8 Å². The number of carbonyl (C=O) groups excluding carboxylic acids is 1. The fraction of sp³-hybridized carbons (Fsp3) is 0.878. The molecule has 0 aromatic carbocycles. The summed E-state index contributed by atoms with van der Waals surface area (Å²) in [5, 5.41) is 54.8. The number of carbonyl (C=O) groups is 1. The number of unbranched alkanes of at least 4 members (excludes halogenated alkanes) is 48. The van der Waals surface area contributed by atoms with Gasteiger partial charge in [0.1, 0.15) is 24.4 Å². The van der Waals surface area contributed by atoms with Crippen molar-refractivity contribution in [2.75, 3.05) is 13.2 Å². The standard InChI is InChI=1S/C74H139NO8/c1-3-5-7-9-11-13-15-17-19-21-23-25-27-29-31-32-33-34-35-36-38-39-41-43-45-47-49-51-53-55-57-59-61-63-68(77)67(66-82-74-73(81)72(80)71(79)69(65-76)83-74)75-70(78)64-62-60-58-56-54-52-50-48-46-44-42-40-37-30-28-26-24-22-20-18-16-14-12-10-8-6-4-2/h16,18,22,24,28,30,61,63,67-69,71-74,76-77,79-81H,3-15,17,19-21,23,25-27,29,31-60,62,64-66H2,1-2H3,(H,75,78)/b18-16-,24-22-,30-28-,63-61+. The molecular weight excluding hydrogens is 1030 g/mol. The van der Waals surface area contributed by atoms with E-state index in [0.29, 0.717) is 6.42 Å². The van der Waals surface area contributed by atoms with E-state index < -0.39 is 49.5 Å². The van der Waals surface area contributed by atoms with Gasteiger partial charge in [0.05, 0.1) is 25.4 Å². The Labute approximate surface area is 514 Å². The molecular formula is C74H139NO8. The van der Waals surface area contributed by atoms with Gasteiger partial charge >= 0.3 is 0 Å². The van der Waals surface area contributed by atoms with Gasteiger partial charge in [-0.25, -0.2) is 0 Å². The topological polar surface area (TPSA) is 149 Å². The van der Waals surface area contributed by atoms with E-state index in [1.807, 2.05) is 6.08 Å². The zero-order valence-corrected chi connectivity index (χ0v) is 54.7. The molecule has 1 amide bonds. The zero-order valence-electron chi connectivity index (χ0n) is 54.7. The lowest BCUT2D eigenvalue weighted by molar-refractivity contribution is -0.302. The van der Waals surface area contributed by atoms with Gasteiger partial charge < -0.3 is 40.3 Å². The summed E-state index contributed by atoms with van der Waals surface area (Å²) in [4.78, 5) is 13.1. The maximum absolute atomic E-state index is 13.1. The normalized spacial score (nSPS) is 18.5. The minimum Gasteiger partial charge on any atom is -0.394 e. The van der Waals surface area contributed by atoms with Crippen LogP contribution in [-0.2, 0) is 14.3 Å². The number of allylic oxidation sites excluding steroid dienone is 7. The highest BCUT2D eigenvalue weighted by molar-refractivity contribution is 5.76. The van der Waals surface area contributed by atoms with E-state index in [2.05, 4.69) is 55.6 Å². The van der Waals surface area contributed by atoms with Gasteiger partial charge in [-0.15, -0.1) is 0 Å². The minimum atomic E-state index is -1.57. The van der Waals surface area contributed by atoms with Crippen molar-refractivity contribution in [1.82, 2.24) is 5.32 Å². The summed E-state index contributed by atoms with van der Waals surface area (Å²) in [6.07, 6.45) is 79.4. The number of ether oxygens (including phenoxy) is 2. The second-order valence-corrected chi connectivity index (χ2v) is 25.4. The Morgan fingerprint density at radius 2 is 0.711 bits per heavy atom. The van der Waals surface area contributed by atoms with Crippen LogP contribution in [0.25, 0.3) is 0 Å². The maximum Gasteiger partial charge on any atom is 0.220 e. The van der Waals surface area contributed by atoms with Gasteiger partial charge in [0, 0.05) is 6.42 Å². The van der Waals surface area contributed by atoms with Gasteiger partial charge in [-0.3, -0.25) is 4.79 Å². The Balaban J connectivity index is 2.12. The SMILES string of the molecule is CCCCCCC/C=C\C/C=C\C/C=C\CCCCCCCCCCCCCCC(=O)NC(COC1OC(CO)C(O)C(O)C1O)C(O)/C=C/CCCCCCCCCCCCCCCCCCCCCCCCCCCCCCCCC. The first kappa shape index (κ1) is 79.2. The number of hydrogen-bond acceptors (Lipinski definition) is 8. The van der Waals surface area contributed by atoms with E-state index in [1.165, 1.54) is 289 Å². The molecule has 1 saturated heterocycles. The lowest BCUT2D eigenvalue weighted by Crippen LogP contribution is -2.60. The van der Waals surface area contributed by atoms with Crippen molar-refractivity contribution in [2.45, 2.75) is 403 Å². The zero-order chi connectivity index (χ0) is 60.0. The van der Waals surface area contributed by atoms with Crippen molar-refractivity contribution >= 4 is 5.91 Å². The molecule has 0 radical (unpaired) electrons. The third-order valence-electron chi connectivity index (χ3n) is 17.4. The van der Waals surface area contributed by atoms with E-state index in [4.69, 9.17) is 9.47 Å². The van der Waals surface area contributed by atoms with Crippen molar-refractivity contribution in [3.8, 4) is 0 Å². The number of rotatable bonds is 64. The highest BCUT2D eigenvalue weighted by Gasteiger charge is 2.44. The highest BCUT2D eigenvalue weighted by Crippen LogP contribution is 2.23. The summed E-state index contributed by atoms with van der Waals surface area (Å²) in [6, 6.07) is -0.809. The predicted octanol–water partition coefficient (Wildman–Crippen LogP) is 20.0. The molecule has 1 aliphatic rings. The quantitative estimate of drug-likeness (QED) is 0.0261. The molecule has 1 heterocycles. The molecule has 488 valence electrons. The molecule has 1 fully saturated rings. The van der Waals surface area contributed by atoms with Crippen LogP contribution in [-0.4, -0.2) is 87.5 Å². The third kappa shape index (κ3) is 51.9. The fourth-order valence-electron chi connectivity index (χ4n) is 11.7. The number of amides is 1. The van der Waals surface area contributed by atoms with Crippen molar-refractivity contribution < 1.29 is 39.8 Å². The molecule has 7 unspecified atom stereocenters. The first-order valence-electron chi connectivity index (χ1n) is 36.4. The minimum absolute atomic E-state index is 0.174. The summed E-state index contributed by atoms with van der Waals surface area (Å²) in [6.45, 7) is 3.82. The molecule has 7 atom stereocenters. The van der Waals surface area contributed by atoms with Gasteiger partial charge in [-0.1, -0.05) is 345 Å². The van der Waals surface area contributed by atoms with Crippen LogP contribution >= 0.6 is 0 Å². The number of aliphatic hydroxyl groups is 5. The van der Waals surface area contributed by atoms with E-state index >= 15 is 0 Å². The van der Waals surface area contributed by atoms with Crippen LogP contribution in [0.3, 0.4) is 0 Å². The lowest BCUT2D eigenvalue weighted by atomic mass is 9.99. The summed E-state index contributed by atoms with van der Waals surface area (Å²) < 4.78 is 11.3. The summed E-state index contributed by atoms with van der Waals surface area (Å²) in [5.41, 5.74) is 0. The lowest BCUT2D eigenvalue weighted by Gasteiger charge is -2.40. The van der Waals surface area contributed by atoms with Gasteiger partial charge in [0.15, 0.2) is 6.29 Å². The van der Waals surface area contributed by atoms with E-state index in [0.717, 1.165) is 51.4 Å². The largest absolute Gasteiger partial charge is 0.394 e. The highest BCUT2D eigenvalue weighted by atomic mass is 16.7. The van der Waals surface area contributed by atoms with E-state index in [9.17, 15) is 30.3 Å². The van der Waals surface area contributed by atoms with Crippen molar-refractivity contribution in [3.63, 3.8) is 0 Å². The molecule has 1 rings (SSSR count). The second kappa shape index (κ2) is 63.2. The Hall–Kier alpha value is -1.85. The molecule has 0 saturated carbocycles. The molecule has 9 heteroatoms. The molecule has 0 bridgehead atoms. The van der Waals surface area contributed by atoms with Crippen molar-refractivity contribution in [1.29, 1.82) is 0 Å². The van der Waals surface area contributed by atoms with Crippen LogP contribution in [0.1, 0.15) is 361 Å². The Morgan fingerprint density at radius 3 is 1.05 bits per heavy atom. The smallest absolute Gasteiger partial charge is 0.220 e. The van der Waals surface area contributed by atoms with Gasteiger partial charge in [0.2, 0.25) is 5.91 Å². The fourth-order valence-corrected chi connectivity index (χ4v) is 11.7.